The number of halogens is 2. The second-order valence-electron chi connectivity index (χ2n) is 5.66. The van der Waals surface area contributed by atoms with Gasteiger partial charge in [-0.3, -0.25) is 0 Å². The van der Waals surface area contributed by atoms with Crippen molar-refractivity contribution < 1.29 is 14.6 Å². The number of hydrogen-bond donors (Lipinski definition) is 2. The highest BCUT2D eigenvalue weighted by atomic mass is 35.5. The van der Waals surface area contributed by atoms with E-state index in [-0.39, 0.29) is 12.1 Å². The molecule has 0 saturated carbocycles. The molecule has 0 aliphatic rings. The van der Waals surface area contributed by atoms with E-state index in [1.807, 2.05) is 6.07 Å². The van der Waals surface area contributed by atoms with Crippen molar-refractivity contribution in [2.45, 2.75) is 32.9 Å². The van der Waals surface area contributed by atoms with Crippen molar-refractivity contribution in [3.8, 4) is 5.75 Å². The van der Waals surface area contributed by atoms with Gasteiger partial charge in [-0.25, -0.2) is 0 Å². The Kier molecular flexibility index (Phi) is 7.77. The summed E-state index contributed by atoms with van der Waals surface area (Å²) in [6.45, 7) is 7.93. The molecule has 0 heterocycles. The predicted octanol–water partition coefficient (Wildman–Crippen LogP) is 3.27. The van der Waals surface area contributed by atoms with Gasteiger partial charge in [0.25, 0.3) is 0 Å². The number of aliphatic hydroxyl groups is 1. The fraction of sp³-hybridized carbons (Fsp3) is 0.600. The van der Waals surface area contributed by atoms with E-state index in [4.69, 9.17) is 37.8 Å². The van der Waals surface area contributed by atoms with Crippen molar-refractivity contribution in [2.24, 2.45) is 0 Å². The molecular weight excluding hydrogens is 313 g/mol. The smallest absolute Gasteiger partial charge is 0.142 e. The van der Waals surface area contributed by atoms with Crippen LogP contribution >= 0.6 is 23.2 Å². The van der Waals surface area contributed by atoms with E-state index >= 15 is 0 Å². The van der Waals surface area contributed by atoms with Gasteiger partial charge in [0.15, 0.2) is 0 Å². The summed E-state index contributed by atoms with van der Waals surface area (Å²) in [6.07, 6.45) is 0. The Hall–Kier alpha value is -0.520. The number of hydrogen-bond acceptors (Lipinski definition) is 4. The van der Waals surface area contributed by atoms with Gasteiger partial charge in [-0.1, -0.05) is 23.2 Å². The van der Waals surface area contributed by atoms with Crippen LogP contribution in [0.5, 0.6) is 5.75 Å². The molecule has 1 rings (SSSR count). The molecule has 1 aromatic carbocycles. The molecular formula is C15H23Cl2NO3. The van der Waals surface area contributed by atoms with Crippen LogP contribution in [0.15, 0.2) is 12.1 Å². The molecule has 0 aromatic heterocycles. The first-order valence-corrected chi connectivity index (χ1v) is 7.63. The lowest BCUT2D eigenvalue weighted by molar-refractivity contribution is 0.0703. The topological polar surface area (TPSA) is 50.7 Å². The maximum atomic E-state index is 8.64. The van der Waals surface area contributed by atoms with Gasteiger partial charge in [0.2, 0.25) is 0 Å². The number of ether oxygens (including phenoxy) is 2. The highest BCUT2D eigenvalue weighted by molar-refractivity contribution is 6.35. The highest BCUT2D eigenvalue weighted by Crippen LogP contribution is 2.32. The summed E-state index contributed by atoms with van der Waals surface area (Å²) in [5.74, 6) is 0.616. The molecule has 4 nitrogen and oxygen atoms in total. The molecule has 0 spiro atoms. The molecule has 0 bridgehead atoms. The van der Waals surface area contributed by atoms with E-state index < -0.39 is 0 Å². The van der Waals surface area contributed by atoms with Crippen molar-refractivity contribution in [1.29, 1.82) is 0 Å². The van der Waals surface area contributed by atoms with Crippen molar-refractivity contribution >= 4 is 23.2 Å². The summed E-state index contributed by atoms with van der Waals surface area (Å²) >= 11 is 12.3. The molecule has 0 amide bonds. The van der Waals surface area contributed by atoms with Crippen LogP contribution in [-0.2, 0) is 11.3 Å². The molecule has 1 aromatic rings. The zero-order valence-electron chi connectivity index (χ0n) is 12.7. The fourth-order valence-corrected chi connectivity index (χ4v) is 2.23. The van der Waals surface area contributed by atoms with E-state index in [1.165, 1.54) is 0 Å². The minimum Gasteiger partial charge on any atom is -0.489 e. The summed E-state index contributed by atoms with van der Waals surface area (Å²) in [5, 5.41) is 13.1. The third-order valence-corrected chi connectivity index (χ3v) is 3.10. The predicted molar refractivity (Wildman–Crippen MR) is 86.5 cm³/mol. The van der Waals surface area contributed by atoms with Crippen LogP contribution in [0.25, 0.3) is 0 Å². The van der Waals surface area contributed by atoms with E-state index in [0.29, 0.717) is 42.2 Å². The van der Waals surface area contributed by atoms with Crippen LogP contribution in [0.4, 0.5) is 0 Å². The minimum atomic E-state index is -0.0176. The maximum Gasteiger partial charge on any atom is 0.142 e. The summed E-state index contributed by atoms with van der Waals surface area (Å²) in [6, 6.07) is 3.50. The summed E-state index contributed by atoms with van der Waals surface area (Å²) in [4.78, 5) is 0. The van der Waals surface area contributed by atoms with Crippen LogP contribution in [0.3, 0.4) is 0 Å². The average molecular weight is 336 g/mol. The van der Waals surface area contributed by atoms with Gasteiger partial charge < -0.3 is 19.9 Å². The van der Waals surface area contributed by atoms with Crippen LogP contribution in [0.1, 0.15) is 26.3 Å². The average Bonchev–Trinajstić information content (AvgIpc) is 2.37. The first-order chi connectivity index (χ1) is 9.83. The lowest BCUT2D eigenvalue weighted by Gasteiger charge is -2.22. The Bertz CT molecular complexity index is 447. The molecule has 0 saturated heterocycles. The van der Waals surface area contributed by atoms with Gasteiger partial charge in [0.1, 0.15) is 12.4 Å². The molecule has 2 N–H and O–H groups in total. The third kappa shape index (κ3) is 7.34. The van der Waals surface area contributed by atoms with Crippen LogP contribution in [-0.4, -0.2) is 37.1 Å². The van der Waals surface area contributed by atoms with Crippen LogP contribution in [0.2, 0.25) is 10.0 Å². The van der Waals surface area contributed by atoms with Gasteiger partial charge in [-0.2, -0.15) is 0 Å². The van der Waals surface area contributed by atoms with Gasteiger partial charge in [0.05, 0.1) is 24.8 Å². The first-order valence-electron chi connectivity index (χ1n) is 6.88. The second kappa shape index (κ2) is 8.81. The van der Waals surface area contributed by atoms with Crippen LogP contribution in [0, 0.1) is 0 Å². The zero-order chi connectivity index (χ0) is 15.9. The second-order valence-corrected chi connectivity index (χ2v) is 6.51. The Morgan fingerprint density at radius 2 is 1.86 bits per heavy atom. The lowest BCUT2D eigenvalue weighted by atomic mass is 10.1. The van der Waals surface area contributed by atoms with Gasteiger partial charge >= 0.3 is 0 Å². The standard InChI is InChI=1S/C15H23Cl2NO3/c1-15(2,3)18-10-11-8-12(16)9-13(17)14(11)21-7-6-20-5-4-19/h8-9,18-19H,4-7,10H2,1-3H3. The Morgan fingerprint density at radius 3 is 2.48 bits per heavy atom. The van der Waals surface area contributed by atoms with Gasteiger partial charge in [0, 0.05) is 22.7 Å². The molecule has 120 valence electrons. The Balaban J connectivity index is 2.71. The summed E-state index contributed by atoms with van der Waals surface area (Å²) in [5.41, 5.74) is 0.889. The fourth-order valence-electron chi connectivity index (χ4n) is 1.64. The molecule has 0 atom stereocenters. The minimum absolute atomic E-state index is 0.00243. The van der Waals surface area contributed by atoms with Gasteiger partial charge in [-0.15, -0.1) is 0 Å². The molecule has 0 aliphatic heterocycles. The lowest BCUT2D eigenvalue weighted by Crippen LogP contribution is -2.35. The number of aliphatic hydroxyl groups excluding tert-OH is 1. The molecule has 0 unspecified atom stereocenters. The van der Waals surface area contributed by atoms with E-state index in [2.05, 4.69) is 26.1 Å². The van der Waals surface area contributed by atoms with Gasteiger partial charge in [-0.05, 0) is 32.9 Å². The third-order valence-electron chi connectivity index (χ3n) is 2.60. The van der Waals surface area contributed by atoms with E-state index in [9.17, 15) is 0 Å². The van der Waals surface area contributed by atoms with Crippen molar-refractivity contribution in [3.63, 3.8) is 0 Å². The normalized spacial score (nSPS) is 11.7. The molecule has 0 radical (unpaired) electrons. The highest BCUT2D eigenvalue weighted by Gasteiger charge is 2.14. The molecule has 6 heteroatoms. The monoisotopic (exact) mass is 335 g/mol. The number of benzene rings is 1. The molecule has 0 aliphatic carbocycles. The number of nitrogens with one attached hydrogen (secondary N) is 1. The Morgan fingerprint density at radius 1 is 1.14 bits per heavy atom. The van der Waals surface area contributed by atoms with Crippen molar-refractivity contribution in [1.82, 2.24) is 5.32 Å². The largest absolute Gasteiger partial charge is 0.489 e. The first kappa shape index (κ1) is 18.5. The number of rotatable bonds is 8. The summed E-state index contributed by atoms with van der Waals surface area (Å²) < 4.78 is 10.9. The van der Waals surface area contributed by atoms with Crippen LogP contribution < -0.4 is 10.1 Å². The quantitative estimate of drug-likeness (QED) is 0.716. The van der Waals surface area contributed by atoms with Crippen molar-refractivity contribution in [3.05, 3.63) is 27.7 Å². The molecule has 21 heavy (non-hydrogen) atoms. The zero-order valence-corrected chi connectivity index (χ0v) is 14.2. The molecule has 0 fully saturated rings. The summed E-state index contributed by atoms with van der Waals surface area (Å²) in [7, 11) is 0. The maximum absolute atomic E-state index is 8.64. The van der Waals surface area contributed by atoms with Crippen molar-refractivity contribution in [2.75, 3.05) is 26.4 Å². The Labute approximate surface area is 136 Å². The SMILES string of the molecule is CC(C)(C)NCc1cc(Cl)cc(Cl)c1OCCOCCO. The van der Waals surface area contributed by atoms with E-state index in [1.54, 1.807) is 6.07 Å². The van der Waals surface area contributed by atoms with E-state index in [0.717, 1.165) is 5.56 Å².